The Balaban J connectivity index is 1.52. The van der Waals surface area contributed by atoms with Crippen LogP contribution in [0.2, 0.25) is 0 Å². The van der Waals surface area contributed by atoms with E-state index in [-0.39, 0.29) is 0 Å². The van der Waals surface area contributed by atoms with Crippen molar-refractivity contribution in [3.8, 4) is 0 Å². The fourth-order valence-corrected chi connectivity index (χ4v) is 4.59. The SMILES string of the molecule is CN(CC1Cc2ccccc2S1)CC1(O)CCOCC1. The van der Waals surface area contributed by atoms with Crippen LogP contribution in [0, 0.1) is 0 Å². The third-order valence-corrected chi connectivity index (χ3v) is 5.52. The van der Waals surface area contributed by atoms with Crippen LogP contribution < -0.4 is 0 Å². The summed E-state index contributed by atoms with van der Waals surface area (Å²) < 4.78 is 5.34. The van der Waals surface area contributed by atoms with E-state index in [4.69, 9.17) is 4.74 Å². The van der Waals surface area contributed by atoms with Crippen LogP contribution in [0.1, 0.15) is 18.4 Å². The minimum atomic E-state index is -0.552. The Kier molecular flexibility index (Phi) is 4.36. The molecule has 2 aliphatic heterocycles. The van der Waals surface area contributed by atoms with Gasteiger partial charge < -0.3 is 14.7 Å². The summed E-state index contributed by atoms with van der Waals surface area (Å²) in [5.41, 5.74) is 0.920. The van der Waals surface area contributed by atoms with Gasteiger partial charge in [-0.2, -0.15) is 0 Å². The summed E-state index contributed by atoms with van der Waals surface area (Å²) in [6.45, 7) is 3.16. The van der Waals surface area contributed by atoms with Crippen molar-refractivity contribution in [2.24, 2.45) is 0 Å². The van der Waals surface area contributed by atoms with E-state index in [0.29, 0.717) is 18.5 Å². The number of nitrogens with zero attached hydrogens (tertiary/aromatic N) is 1. The van der Waals surface area contributed by atoms with Crippen molar-refractivity contribution in [1.29, 1.82) is 0 Å². The average Bonchev–Trinajstić information content (AvgIpc) is 2.80. The fourth-order valence-electron chi connectivity index (χ4n) is 3.18. The van der Waals surface area contributed by atoms with Crippen LogP contribution in [0.5, 0.6) is 0 Å². The molecule has 1 atom stereocenters. The molecule has 0 aliphatic carbocycles. The lowest BCUT2D eigenvalue weighted by Crippen LogP contribution is -2.46. The molecule has 0 radical (unpaired) electrons. The van der Waals surface area contributed by atoms with Crippen LogP contribution in [-0.2, 0) is 11.2 Å². The number of aliphatic hydroxyl groups is 1. The Morgan fingerprint density at radius 3 is 2.85 bits per heavy atom. The van der Waals surface area contributed by atoms with Gasteiger partial charge >= 0.3 is 0 Å². The second-order valence-electron chi connectivity index (χ2n) is 6.09. The normalized spacial score (nSPS) is 24.9. The van der Waals surface area contributed by atoms with Gasteiger partial charge in [-0.1, -0.05) is 18.2 Å². The van der Waals surface area contributed by atoms with E-state index in [1.807, 2.05) is 11.8 Å². The number of thioether (sulfide) groups is 1. The highest BCUT2D eigenvalue weighted by molar-refractivity contribution is 8.00. The monoisotopic (exact) mass is 293 g/mol. The summed E-state index contributed by atoms with van der Waals surface area (Å²) in [6.07, 6.45) is 2.66. The van der Waals surface area contributed by atoms with Crippen LogP contribution in [0.15, 0.2) is 29.2 Å². The van der Waals surface area contributed by atoms with Crippen LogP contribution in [0.4, 0.5) is 0 Å². The van der Waals surface area contributed by atoms with Gasteiger partial charge in [-0.15, -0.1) is 11.8 Å². The van der Waals surface area contributed by atoms with Gasteiger partial charge in [0.05, 0.1) is 5.60 Å². The molecular formula is C16H23NO2S. The minimum Gasteiger partial charge on any atom is -0.388 e. The maximum Gasteiger partial charge on any atom is 0.0817 e. The van der Waals surface area contributed by atoms with Gasteiger partial charge in [-0.3, -0.25) is 0 Å². The first kappa shape index (κ1) is 14.4. The molecule has 1 N–H and O–H groups in total. The molecule has 0 aromatic heterocycles. The highest BCUT2D eigenvalue weighted by atomic mass is 32.2. The van der Waals surface area contributed by atoms with Crippen LogP contribution in [-0.4, -0.2) is 54.2 Å². The van der Waals surface area contributed by atoms with E-state index >= 15 is 0 Å². The molecule has 0 saturated carbocycles. The van der Waals surface area contributed by atoms with Crippen molar-refractivity contribution in [3.05, 3.63) is 29.8 Å². The Labute approximate surface area is 125 Å². The van der Waals surface area contributed by atoms with Gasteiger partial charge in [-0.05, 0) is 25.1 Å². The van der Waals surface area contributed by atoms with E-state index in [0.717, 1.165) is 32.4 Å². The first-order valence-electron chi connectivity index (χ1n) is 7.38. The molecule has 4 heteroatoms. The van der Waals surface area contributed by atoms with Crippen molar-refractivity contribution >= 4 is 11.8 Å². The van der Waals surface area contributed by atoms with Crippen LogP contribution in [0.3, 0.4) is 0 Å². The van der Waals surface area contributed by atoms with Gasteiger partial charge in [0, 0.05) is 49.3 Å². The molecule has 1 aromatic rings. The largest absolute Gasteiger partial charge is 0.388 e. The first-order valence-corrected chi connectivity index (χ1v) is 8.26. The number of ether oxygens (including phenoxy) is 1. The first-order chi connectivity index (χ1) is 9.65. The molecule has 0 amide bonds. The summed E-state index contributed by atoms with van der Waals surface area (Å²) in [6, 6.07) is 8.68. The summed E-state index contributed by atoms with van der Waals surface area (Å²) in [4.78, 5) is 3.71. The van der Waals surface area contributed by atoms with Crippen molar-refractivity contribution in [2.75, 3.05) is 33.4 Å². The Bertz CT molecular complexity index is 435. The van der Waals surface area contributed by atoms with E-state index < -0.39 is 5.60 Å². The zero-order chi connectivity index (χ0) is 14.0. The number of likely N-dealkylation sites (N-methyl/N-ethyl adjacent to an activating group) is 1. The van der Waals surface area contributed by atoms with Gasteiger partial charge in [0.2, 0.25) is 0 Å². The summed E-state index contributed by atoms with van der Waals surface area (Å²) in [7, 11) is 2.12. The van der Waals surface area contributed by atoms with E-state index in [1.165, 1.54) is 10.5 Å². The van der Waals surface area contributed by atoms with E-state index in [2.05, 4.69) is 36.2 Å². The lowest BCUT2D eigenvalue weighted by Gasteiger charge is -2.36. The number of rotatable bonds is 4. The number of benzene rings is 1. The Morgan fingerprint density at radius 2 is 2.10 bits per heavy atom. The fraction of sp³-hybridized carbons (Fsp3) is 0.625. The van der Waals surface area contributed by atoms with Crippen molar-refractivity contribution < 1.29 is 9.84 Å². The second-order valence-corrected chi connectivity index (χ2v) is 7.43. The van der Waals surface area contributed by atoms with Gasteiger partial charge in [0.25, 0.3) is 0 Å². The molecule has 2 aliphatic rings. The van der Waals surface area contributed by atoms with E-state index in [9.17, 15) is 5.11 Å². The molecule has 110 valence electrons. The molecule has 1 fully saturated rings. The molecule has 20 heavy (non-hydrogen) atoms. The van der Waals surface area contributed by atoms with Crippen LogP contribution >= 0.6 is 11.8 Å². The lowest BCUT2D eigenvalue weighted by atomic mass is 9.94. The van der Waals surface area contributed by atoms with Crippen molar-refractivity contribution in [1.82, 2.24) is 4.90 Å². The van der Waals surface area contributed by atoms with Gasteiger partial charge in [0.1, 0.15) is 0 Å². The Morgan fingerprint density at radius 1 is 1.35 bits per heavy atom. The lowest BCUT2D eigenvalue weighted by molar-refractivity contribution is -0.0767. The maximum absolute atomic E-state index is 10.6. The Hall–Kier alpha value is -0.550. The molecule has 3 nitrogen and oxygen atoms in total. The second kappa shape index (κ2) is 6.06. The number of fused-ring (bicyclic) bond motifs is 1. The zero-order valence-electron chi connectivity index (χ0n) is 12.0. The average molecular weight is 293 g/mol. The minimum absolute atomic E-state index is 0.552. The third kappa shape index (κ3) is 3.37. The third-order valence-electron chi connectivity index (χ3n) is 4.22. The predicted molar refractivity (Wildman–Crippen MR) is 82.3 cm³/mol. The highest BCUT2D eigenvalue weighted by Crippen LogP contribution is 2.37. The van der Waals surface area contributed by atoms with Crippen molar-refractivity contribution in [2.45, 2.75) is 35.0 Å². The predicted octanol–water partition coefficient (Wildman–Crippen LogP) is 2.18. The molecule has 1 aromatic carbocycles. The molecule has 2 heterocycles. The summed E-state index contributed by atoms with van der Waals surface area (Å²) >= 11 is 1.98. The quantitative estimate of drug-likeness (QED) is 0.922. The van der Waals surface area contributed by atoms with Crippen molar-refractivity contribution in [3.63, 3.8) is 0 Å². The summed E-state index contributed by atoms with van der Waals surface area (Å²) in [5.74, 6) is 0. The number of hydrogen-bond acceptors (Lipinski definition) is 4. The molecule has 0 spiro atoms. The standard InChI is InChI=1S/C16H23NO2S/c1-17(12-16(18)6-8-19-9-7-16)11-14-10-13-4-2-3-5-15(13)20-14/h2-5,14,18H,6-12H2,1H3. The maximum atomic E-state index is 10.6. The topological polar surface area (TPSA) is 32.7 Å². The smallest absolute Gasteiger partial charge is 0.0817 e. The van der Waals surface area contributed by atoms with Gasteiger partial charge in [0.15, 0.2) is 0 Å². The number of hydrogen-bond donors (Lipinski definition) is 1. The summed E-state index contributed by atoms with van der Waals surface area (Å²) in [5, 5.41) is 11.2. The van der Waals surface area contributed by atoms with E-state index in [1.54, 1.807) is 0 Å². The zero-order valence-corrected chi connectivity index (χ0v) is 12.9. The molecule has 1 unspecified atom stereocenters. The molecule has 1 saturated heterocycles. The highest BCUT2D eigenvalue weighted by Gasteiger charge is 2.32. The molecule has 0 bridgehead atoms. The molecular weight excluding hydrogens is 270 g/mol. The van der Waals surface area contributed by atoms with Crippen LogP contribution in [0.25, 0.3) is 0 Å². The van der Waals surface area contributed by atoms with Gasteiger partial charge in [-0.25, -0.2) is 0 Å². The molecule has 3 rings (SSSR count).